The van der Waals surface area contributed by atoms with E-state index in [9.17, 15) is 9.59 Å². The monoisotopic (exact) mass is 258 g/mol. The second-order valence-corrected chi connectivity index (χ2v) is 5.73. The third-order valence-electron chi connectivity index (χ3n) is 3.08. The molecule has 1 saturated heterocycles. The number of hydrogen-bond donors (Lipinski definition) is 3. The zero-order valence-corrected chi connectivity index (χ0v) is 11.3. The summed E-state index contributed by atoms with van der Waals surface area (Å²) < 4.78 is 5.33. The Kier molecular flexibility index (Phi) is 4.56. The lowest BCUT2D eigenvalue weighted by Gasteiger charge is -2.28. The van der Waals surface area contributed by atoms with Crippen LogP contribution in [0, 0.1) is 5.41 Å². The Bertz CT molecular complexity index is 325. The molecule has 6 nitrogen and oxygen atoms in total. The summed E-state index contributed by atoms with van der Waals surface area (Å²) in [6.45, 7) is 7.82. The van der Waals surface area contributed by atoms with Crippen LogP contribution in [-0.4, -0.2) is 41.9 Å². The van der Waals surface area contributed by atoms with Crippen LogP contribution < -0.4 is 10.6 Å². The summed E-state index contributed by atoms with van der Waals surface area (Å²) in [5.74, 6) is -1.03. The molecule has 0 saturated carbocycles. The van der Waals surface area contributed by atoms with Gasteiger partial charge in [-0.25, -0.2) is 9.59 Å². The first-order valence-electron chi connectivity index (χ1n) is 6.13. The summed E-state index contributed by atoms with van der Waals surface area (Å²) in [7, 11) is 0. The number of amides is 2. The number of nitrogens with one attached hydrogen (secondary N) is 2. The first-order valence-corrected chi connectivity index (χ1v) is 6.13. The van der Waals surface area contributed by atoms with Crippen LogP contribution in [-0.2, 0) is 9.53 Å². The number of carboxylic acids is 1. The average Bonchev–Trinajstić information content (AvgIpc) is 2.59. The highest BCUT2D eigenvalue weighted by molar-refractivity contribution is 5.83. The van der Waals surface area contributed by atoms with E-state index in [1.807, 2.05) is 6.92 Å². The van der Waals surface area contributed by atoms with Crippen molar-refractivity contribution in [3.05, 3.63) is 0 Å². The normalized spacial score (nSPS) is 25.6. The van der Waals surface area contributed by atoms with E-state index in [-0.39, 0.29) is 12.1 Å². The van der Waals surface area contributed by atoms with Gasteiger partial charge in [-0.2, -0.15) is 0 Å². The van der Waals surface area contributed by atoms with E-state index < -0.39 is 23.5 Å². The summed E-state index contributed by atoms with van der Waals surface area (Å²) in [6, 6.07) is -1.44. The number of carbonyl (C=O) groups excluding carboxylic acids is 1. The van der Waals surface area contributed by atoms with E-state index >= 15 is 0 Å². The maximum atomic E-state index is 11.8. The molecule has 104 valence electrons. The second kappa shape index (κ2) is 5.56. The number of carbonyl (C=O) groups is 2. The van der Waals surface area contributed by atoms with E-state index in [1.54, 1.807) is 20.8 Å². The lowest BCUT2D eigenvalue weighted by atomic mass is 9.87. The SMILES string of the molecule is CC1OCCC1NC(=O)N[C@H](C(=O)O)C(C)(C)C. The van der Waals surface area contributed by atoms with Gasteiger partial charge < -0.3 is 20.5 Å². The van der Waals surface area contributed by atoms with Crippen LogP contribution in [0.2, 0.25) is 0 Å². The van der Waals surface area contributed by atoms with E-state index in [2.05, 4.69) is 10.6 Å². The molecule has 1 fully saturated rings. The molecule has 2 unspecified atom stereocenters. The minimum atomic E-state index is -1.03. The van der Waals surface area contributed by atoms with Crippen molar-refractivity contribution in [1.82, 2.24) is 10.6 Å². The number of aliphatic carboxylic acids is 1. The van der Waals surface area contributed by atoms with E-state index in [4.69, 9.17) is 9.84 Å². The van der Waals surface area contributed by atoms with E-state index in [0.717, 1.165) is 6.42 Å². The summed E-state index contributed by atoms with van der Waals surface area (Å²) >= 11 is 0. The Labute approximate surface area is 107 Å². The number of hydrogen-bond acceptors (Lipinski definition) is 3. The second-order valence-electron chi connectivity index (χ2n) is 5.73. The molecule has 6 heteroatoms. The van der Waals surface area contributed by atoms with Crippen molar-refractivity contribution in [2.24, 2.45) is 5.41 Å². The van der Waals surface area contributed by atoms with Gasteiger partial charge >= 0.3 is 12.0 Å². The van der Waals surface area contributed by atoms with Crippen molar-refractivity contribution in [3.8, 4) is 0 Å². The van der Waals surface area contributed by atoms with Gasteiger partial charge in [0.25, 0.3) is 0 Å². The lowest BCUT2D eigenvalue weighted by Crippen LogP contribution is -2.54. The molecule has 0 aliphatic carbocycles. The van der Waals surface area contributed by atoms with Crippen LogP contribution in [0.25, 0.3) is 0 Å². The molecule has 2 amide bonds. The Hall–Kier alpha value is -1.30. The number of rotatable bonds is 3. The van der Waals surface area contributed by atoms with Crippen LogP contribution >= 0.6 is 0 Å². The maximum Gasteiger partial charge on any atom is 0.326 e. The van der Waals surface area contributed by atoms with E-state index in [1.165, 1.54) is 0 Å². The molecule has 0 spiro atoms. The molecule has 1 heterocycles. The summed E-state index contributed by atoms with van der Waals surface area (Å²) in [5.41, 5.74) is -0.541. The van der Waals surface area contributed by atoms with Crippen LogP contribution in [0.1, 0.15) is 34.1 Å². The molecular weight excluding hydrogens is 236 g/mol. The molecule has 18 heavy (non-hydrogen) atoms. The first kappa shape index (κ1) is 14.8. The maximum absolute atomic E-state index is 11.8. The molecule has 0 bridgehead atoms. The van der Waals surface area contributed by atoms with Gasteiger partial charge in [-0.1, -0.05) is 20.8 Å². The molecule has 3 N–H and O–H groups in total. The highest BCUT2D eigenvalue weighted by Crippen LogP contribution is 2.19. The van der Waals surface area contributed by atoms with Crippen molar-refractivity contribution < 1.29 is 19.4 Å². The van der Waals surface area contributed by atoms with Crippen molar-refractivity contribution in [2.75, 3.05) is 6.61 Å². The zero-order chi connectivity index (χ0) is 13.9. The molecule has 1 rings (SSSR count). The predicted molar refractivity (Wildman–Crippen MR) is 66.4 cm³/mol. The minimum absolute atomic E-state index is 0.0336. The highest BCUT2D eigenvalue weighted by atomic mass is 16.5. The molecule has 1 aliphatic heterocycles. The smallest absolute Gasteiger partial charge is 0.326 e. The predicted octanol–water partition coefficient (Wildman–Crippen LogP) is 0.962. The Morgan fingerprint density at radius 3 is 2.39 bits per heavy atom. The Morgan fingerprint density at radius 2 is 2.00 bits per heavy atom. The summed E-state index contributed by atoms with van der Waals surface area (Å²) in [5, 5.41) is 14.3. The molecule has 1 aliphatic rings. The van der Waals surface area contributed by atoms with Crippen molar-refractivity contribution in [3.63, 3.8) is 0 Å². The fourth-order valence-electron chi connectivity index (χ4n) is 1.91. The lowest BCUT2D eigenvalue weighted by molar-refractivity contribution is -0.141. The van der Waals surface area contributed by atoms with Crippen LogP contribution in [0.15, 0.2) is 0 Å². The molecular formula is C12H22N2O4. The minimum Gasteiger partial charge on any atom is -0.480 e. The Balaban J connectivity index is 2.54. The van der Waals surface area contributed by atoms with Gasteiger partial charge in [0.1, 0.15) is 6.04 Å². The largest absolute Gasteiger partial charge is 0.480 e. The van der Waals surface area contributed by atoms with Crippen LogP contribution in [0.5, 0.6) is 0 Å². The number of carboxylic acid groups (broad SMARTS) is 1. The number of ether oxygens (including phenoxy) is 1. The van der Waals surface area contributed by atoms with Gasteiger partial charge in [0.05, 0.1) is 12.1 Å². The zero-order valence-electron chi connectivity index (χ0n) is 11.3. The third-order valence-corrected chi connectivity index (χ3v) is 3.08. The fraction of sp³-hybridized carbons (Fsp3) is 0.833. The molecule has 0 aromatic heterocycles. The standard InChI is InChI=1S/C12H22N2O4/c1-7-8(5-6-18-7)13-11(17)14-9(10(15)16)12(2,3)4/h7-9H,5-6H2,1-4H3,(H,15,16)(H2,13,14,17)/t7?,8?,9-/m1/s1. The molecule has 0 aromatic rings. The van der Waals surface area contributed by atoms with Gasteiger partial charge in [-0.3, -0.25) is 0 Å². The Morgan fingerprint density at radius 1 is 1.39 bits per heavy atom. The molecule has 0 aromatic carbocycles. The van der Waals surface area contributed by atoms with Crippen molar-refractivity contribution in [1.29, 1.82) is 0 Å². The van der Waals surface area contributed by atoms with Crippen molar-refractivity contribution in [2.45, 2.75) is 52.3 Å². The summed E-state index contributed by atoms with van der Waals surface area (Å²) in [4.78, 5) is 22.9. The first-order chi connectivity index (χ1) is 8.21. The molecule has 0 radical (unpaired) electrons. The fourth-order valence-corrected chi connectivity index (χ4v) is 1.91. The van der Waals surface area contributed by atoms with Gasteiger partial charge in [0.15, 0.2) is 0 Å². The van der Waals surface area contributed by atoms with Gasteiger partial charge in [0, 0.05) is 6.61 Å². The van der Waals surface area contributed by atoms with Crippen LogP contribution in [0.4, 0.5) is 4.79 Å². The number of urea groups is 1. The summed E-state index contributed by atoms with van der Waals surface area (Å²) in [6.07, 6.45) is 0.718. The topological polar surface area (TPSA) is 87.7 Å². The average molecular weight is 258 g/mol. The van der Waals surface area contributed by atoms with Gasteiger partial charge in [-0.15, -0.1) is 0 Å². The van der Waals surface area contributed by atoms with Crippen LogP contribution in [0.3, 0.4) is 0 Å². The quantitative estimate of drug-likeness (QED) is 0.703. The third kappa shape index (κ3) is 3.87. The van der Waals surface area contributed by atoms with Crippen molar-refractivity contribution >= 4 is 12.0 Å². The van der Waals surface area contributed by atoms with Gasteiger partial charge in [-0.05, 0) is 18.8 Å². The highest BCUT2D eigenvalue weighted by Gasteiger charge is 2.34. The van der Waals surface area contributed by atoms with Gasteiger partial charge in [0.2, 0.25) is 0 Å². The molecule has 3 atom stereocenters. The van der Waals surface area contributed by atoms with E-state index in [0.29, 0.717) is 6.61 Å².